The minimum atomic E-state index is -3.70. The molecule has 1 aliphatic rings. The van der Waals surface area contributed by atoms with Gasteiger partial charge in [-0.25, -0.2) is 17.5 Å². The second-order valence-corrected chi connectivity index (χ2v) is 7.60. The van der Waals surface area contributed by atoms with Gasteiger partial charge in [0.1, 0.15) is 0 Å². The molecular formula is C16H25FN2O3S. The maximum Gasteiger partial charge on any atom is 0.240 e. The maximum atomic E-state index is 13.6. The smallest absolute Gasteiger partial charge is 0.240 e. The summed E-state index contributed by atoms with van der Waals surface area (Å²) in [6.45, 7) is 0.856. The molecule has 5 nitrogen and oxygen atoms in total. The van der Waals surface area contributed by atoms with Gasteiger partial charge in [0, 0.05) is 19.1 Å². The summed E-state index contributed by atoms with van der Waals surface area (Å²) in [5.41, 5.74) is 0. The summed E-state index contributed by atoms with van der Waals surface area (Å²) in [6.07, 6.45) is 7.33. The lowest BCUT2D eigenvalue weighted by Crippen LogP contribution is -2.36. The molecule has 23 heavy (non-hydrogen) atoms. The summed E-state index contributed by atoms with van der Waals surface area (Å²) in [5.74, 6) is -0.661. The van der Waals surface area contributed by atoms with E-state index in [0.717, 1.165) is 18.9 Å². The van der Waals surface area contributed by atoms with Crippen molar-refractivity contribution in [1.29, 1.82) is 0 Å². The molecule has 0 aliphatic heterocycles. The number of ether oxygens (including phenoxy) is 1. The molecule has 1 saturated carbocycles. The van der Waals surface area contributed by atoms with Crippen LogP contribution in [0.3, 0.4) is 0 Å². The van der Waals surface area contributed by atoms with Crippen molar-refractivity contribution in [3.63, 3.8) is 0 Å². The minimum Gasteiger partial charge on any atom is -0.494 e. The lowest BCUT2D eigenvalue weighted by atomic mass is 10.1. The Morgan fingerprint density at radius 1 is 1.17 bits per heavy atom. The Kier molecular flexibility index (Phi) is 6.80. The zero-order valence-electron chi connectivity index (χ0n) is 13.5. The van der Waals surface area contributed by atoms with Crippen LogP contribution in [-0.4, -0.2) is 34.7 Å². The fraction of sp³-hybridized carbons (Fsp3) is 0.625. The van der Waals surface area contributed by atoms with Gasteiger partial charge in [0.25, 0.3) is 0 Å². The predicted octanol–water partition coefficient (Wildman–Crippen LogP) is 2.42. The van der Waals surface area contributed by atoms with Gasteiger partial charge in [-0.15, -0.1) is 0 Å². The lowest BCUT2D eigenvalue weighted by Gasteiger charge is -2.16. The van der Waals surface area contributed by atoms with E-state index in [4.69, 9.17) is 4.74 Å². The van der Waals surface area contributed by atoms with Gasteiger partial charge in [-0.05, 0) is 31.0 Å². The quantitative estimate of drug-likeness (QED) is 0.589. The molecule has 0 atom stereocenters. The van der Waals surface area contributed by atoms with E-state index in [9.17, 15) is 12.8 Å². The molecule has 0 amide bonds. The van der Waals surface area contributed by atoms with Crippen LogP contribution in [0.2, 0.25) is 0 Å². The molecule has 0 heterocycles. The highest BCUT2D eigenvalue weighted by Gasteiger charge is 2.17. The normalized spacial score (nSPS) is 17.0. The summed E-state index contributed by atoms with van der Waals surface area (Å²) in [7, 11) is -2.37. The van der Waals surface area contributed by atoms with Crippen molar-refractivity contribution in [1.82, 2.24) is 10.0 Å². The first-order valence-corrected chi connectivity index (χ1v) is 9.58. The number of hydrogen-bond acceptors (Lipinski definition) is 4. The van der Waals surface area contributed by atoms with Gasteiger partial charge in [0.05, 0.1) is 12.0 Å². The molecule has 2 rings (SSSR count). The van der Waals surface area contributed by atoms with Crippen molar-refractivity contribution in [3.8, 4) is 5.75 Å². The number of sulfonamides is 1. The molecule has 130 valence electrons. The maximum absolute atomic E-state index is 13.6. The first-order valence-electron chi connectivity index (χ1n) is 8.09. The number of rotatable bonds is 7. The number of hydrogen-bond donors (Lipinski definition) is 2. The summed E-state index contributed by atoms with van der Waals surface area (Å²) in [6, 6.07) is 4.09. The zero-order chi connectivity index (χ0) is 16.7. The number of benzene rings is 1. The highest BCUT2D eigenvalue weighted by atomic mass is 32.2. The second kappa shape index (κ2) is 8.61. The summed E-state index contributed by atoms with van der Waals surface area (Å²) >= 11 is 0. The van der Waals surface area contributed by atoms with E-state index < -0.39 is 15.8 Å². The monoisotopic (exact) mass is 344 g/mol. The third-order valence-corrected chi connectivity index (χ3v) is 5.60. The van der Waals surface area contributed by atoms with Crippen molar-refractivity contribution < 1.29 is 17.5 Å². The molecule has 0 spiro atoms. The Morgan fingerprint density at radius 3 is 2.48 bits per heavy atom. The molecule has 1 aliphatic carbocycles. The van der Waals surface area contributed by atoms with Crippen LogP contribution in [0.5, 0.6) is 5.75 Å². The van der Waals surface area contributed by atoms with E-state index in [1.807, 2.05) is 0 Å². The van der Waals surface area contributed by atoms with Crippen LogP contribution >= 0.6 is 0 Å². The van der Waals surface area contributed by atoms with E-state index in [1.54, 1.807) is 0 Å². The SMILES string of the molecule is COc1ccc(S(=O)(=O)NCCNC2CCCCCC2)cc1F. The Morgan fingerprint density at radius 2 is 1.87 bits per heavy atom. The minimum absolute atomic E-state index is 0.0268. The molecule has 0 saturated heterocycles. The topological polar surface area (TPSA) is 67.4 Å². The van der Waals surface area contributed by atoms with Crippen LogP contribution in [0, 0.1) is 5.82 Å². The van der Waals surface area contributed by atoms with Gasteiger partial charge in [0.2, 0.25) is 10.0 Å². The number of methoxy groups -OCH3 is 1. The number of halogens is 1. The summed E-state index contributed by atoms with van der Waals surface area (Å²) in [4.78, 5) is -0.0923. The van der Waals surface area contributed by atoms with Crippen molar-refractivity contribution in [2.45, 2.75) is 49.5 Å². The van der Waals surface area contributed by atoms with Gasteiger partial charge in [0.15, 0.2) is 11.6 Å². The molecule has 1 aromatic carbocycles. The molecule has 7 heteroatoms. The predicted molar refractivity (Wildman–Crippen MR) is 87.6 cm³/mol. The van der Waals surface area contributed by atoms with Crippen molar-refractivity contribution >= 4 is 10.0 Å². The van der Waals surface area contributed by atoms with Gasteiger partial charge < -0.3 is 10.1 Å². The fourth-order valence-electron chi connectivity index (χ4n) is 2.84. The average molecular weight is 344 g/mol. The molecule has 0 radical (unpaired) electrons. The van der Waals surface area contributed by atoms with E-state index in [-0.39, 0.29) is 17.2 Å². The van der Waals surface area contributed by atoms with Gasteiger partial charge in [-0.1, -0.05) is 25.7 Å². The Balaban J connectivity index is 1.82. The average Bonchev–Trinajstić information content (AvgIpc) is 2.80. The standard InChI is InChI=1S/C16H25FN2O3S/c1-22-16-9-8-14(12-15(16)17)23(20,21)19-11-10-18-13-6-4-2-3-5-7-13/h8-9,12-13,18-19H,2-7,10-11H2,1H3. The molecule has 1 fully saturated rings. The third kappa shape index (κ3) is 5.44. The molecule has 0 bridgehead atoms. The Bertz CT molecular complexity index is 599. The van der Waals surface area contributed by atoms with Crippen LogP contribution < -0.4 is 14.8 Å². The van der Waals surface area contributed by atoms with Crippen LogP contribution in [-0.2, 0) is 10.0 Å². The van der Waals surface area contributed by atoms with Gasteiger partial charge >= 0.3 is 0 Å². The highest BCUT2D eigenvalue weighted by Crippen LogP contribution is 2.20. The number of nitrogens with one attached hydrogen (secondary N) is 2. The third-order valence-electron chi connectivity index (χ3n) is 4.14. The first kappa shape index (κ1) is 18.2. The zero-order valence-corrected chi connectivity index (χ0v) is 14.3. The van der Waals surface area contributed by atoms with Crippen LogP contribution in [0.25, 0.3) is 0 Å². The van der Waals surface area contributed by atoms with Gasteiger partial charge in [-0.2, -0.15) is 0 Å². The van der Waals surface area contributed by atoms with Crippen LogP contribution in [0.4, 0.5) is 4.39 Å². The van der Waals surface area contributed by atoms with E-state index in [2.05, 4.69) is 10.0 Å². The molecule has 0 unspecified atom stereocenters. The van der Waals surface area contributed by atoms with Crippen molar-refractivity contribution in [3.05, 3.63) is 24.0 Å². The molecule has 0 aromatic heterocycles. The van der Waals surface area contributed by atoms with E-state index >= 15 is 0 Å². The molecular weight excluding hydrogens is 319 g/mol. The second-order valence-electron chi connectivity index (χ2n) is 5.84. The first-order chi connectivity index (χ1) is 11.0. The lowest BCUT2D eigenvalue weighted by molar-refractivity contribution is 0.385. The molecule has 1 aromatic rings. The Labute approximate surface area is 137 Å². The van der Waals surface area contributed by atoms with Crippen molar-refractivity contribution in [2.24, 2.45) is 0 Å². The van der Waals surface area contributed by atoms with Crippen LogP contribution in [0.1, 0.15) is 38.5 Å². The van der Waals surface area contributed by atoms with Gasteiger partial charge in [-0.3, -0.25) is 0 Å². The van der Waals surface area contributed by atoms with Crippen LogP contribution in [0.15, 0.2) is 23.1 Å². The van der Waals surface area contributed by atoms with E-state index in [0.29, 0.717) is 12.6 Å². The summed E-state index contributed by atoms with van der Waals surface area (Å²) in [5, 5.41) is 3.39. The molecule has 2 N–H and O–H groups in total. The Hall–Kier alpha value is -1.18. The van der Waals surface area contributed by atoms with E-state index in [1.165, 1.54) is 44.9 Å². The largest absolute Gasteiger partial charge is 0.494 e. The highest BCUT2D eigenvalue weighted by molar-refractivity contribution is 7.89. The van der Waals surface area contributed by atoms with Crippen molar-refractivity contribution in [2.75, 3.05) is 20.2 Å². The fourth-order valence-corrected chi connectivity index (χ4v) is 3.89. The summed E-state index contributed by atoms with van der Waals surface area (Å²) < 4.78 is 45.2.